The predicted octanol–water partition coefficient (Wildman–Crippen LogP) is 2.94. The molecule has 0 bridgehead atoms. The Morgan fingerprint density at radius 3 is 2.72 bits per heavy atom. The second-order valence-corrected chi connectivity index (χ2v) is 4.53. The molecule has 6 heteroatoms. The lowest BCUT2D eigenvalue weighted by Gasteiger charge is -2.02. The lowest BCUT2D eigenvalue weighted by atomic mass is 10.2. The Balaban J connectivity index is 2.15. The summed E-state index contributed by atoms with van der Waals surface area (Å²) in [5.74, 6) is 0.902. The quantitative estimate of drug-likeness (QED) is 0.771. The summed E-state index contributed by atoms with van der Waals surface area (Å²) in [5, 5.41) is 5.40. The SMILES string of the molecule is CN(C)c1noc(-c2[nH]c3ccccc3c2Cl)n1. The van der Waals surface area contributed by atoms with Crippen LogP contribution in [-0.4, -0.2) is 29.2 Å². The Morgan fingerprint density at radius 1 is 1.28 bits per heavy atom. The van der Waals surface area contributed by atoms with Gasteiger partial charge in [0, 0.05) is 25.0 Å². The Labute approximate surface area is 108 Å². The second-order valence-electron chi connectivity index (χ2n) is 4.15. The molecular formula is C12H11ClN4O. The summed E-state index contributed by atoms with van der Waals surface area (Å²) < 4.78 is 5.20. The first kappa shape index (κ1) is 11.1. The molecule has 0 saturated carbocycles. The summed E-state index contributed by atoms with van der Waals surface area (Å²) in [6, 6.07) is 7.78. The monoisotopic (exact) mass is 262 g/mol. The van der Waals surface area contributed by atoms with E-state index in [0.717, 1.165) is 10.9 Å². The highest BCUT2D eigenvalue weighted by Crippen LogP contribution is 2.33. The largest absolute Gasteiger partial charge is 0.349 e. The van der Waals surface area contributed by atoms with E-state index in [4.69, 9.17) is 16.1 Å². The molecule has 18 heavy (non-hydrogen) atoms. The van der Waals surface area contributed by atoms with Crippen molar-refractivity contribution in [3.63, 3.8) is 0 Å². The number of rotatable bonds is 2. The van der Waals surface area contributed by atoms with Crippen molar-refractivity contribution in [2.75, 3.05) is 19.0 Å². The molecule has 0 spiro atoms. The molecule has 0 radical (unpaired) electrons. The van der Waals surface area contributed by atoms with Gasteiger partial charge in [-0.15, -0.1) is 0 Å². The van der Waals surface area contributed by atoms with Crippen molar-refractivity contribution in [2.45, 2.75) is 0 Å². The summed E-state index contributed by atoms with van der Waals surface area (Å²) in [6.45, 7) is 0. The van der Waals surface area contributed by atoms with E-state index in [2.05, 4.69) is 15.1 Å². The third kappa shape index (κ3) is 1.64. The zero-order chi connectivity index (χ0) is 12.7. The molecule has 0 fully saturated rings. The average molecular weight is 263 g/mol. The number of halogens is 1. The van der Waals surface area contributed by atoms with Gasteiger partial charge in [-0.1, -0.05) is 29.8 Å². The summed E-state index contributed by atoms with van der Waals surface area (Å²) >= 11 is 6.31. The number of hydrogen-bond donors (Lipinski definition) is 1. The van der Waals surface area contributed by atoms with Crippen LogP contribution in [-0.2, 0) is 0 Å². The second kappa shape index (κ2) is 4.03. The number of anilines is 1. The topological polar surface area (TPSA) is 58.0 Å². The minimum Gasteiger partial charge on any atom is -0.349 e. The molecule has 1 N–H and O–H groups in total. The summed E-state index contributed by atoms with van der Waals surface area (Å²) in [6.07, 6.45) is 0. The Kier molecular flexibility index (Phi) is 2.48. The molecule has 3 aromatic rings. The summed E-state index contributed by atoms with van der Waals surface area (Å²) in [5.41, 5.74) is 1.60. The highest BCUT2D eigenvalue weighted by molar-refractivity contribution is 6.38. The van der Waals surface area contributed by atoms with Gasteiger partial charge in [0.1, 0.15) is 5.69 Å². The van der Waals surface area contributed by atoms with E-state index in [0.29, 0.717) is 22.6 Å². The fourth-order valence-corrected chi connectivity index (χ4v) is 2.05. The number of hydrogen-bond acceptors (Lipinski definition) is 4. The zero-order valence-corrected chi connectivity index (χ0v) is 10.7. The van der Waals surface area contributed by atoms with Crippen LogP contribution in [0.5, 0.6) is 0 Å². The van der Waals surface area contributed by atoms with Crippen molar-refractivity contribution < 1.29 is 4.52 Å². The molecule has 0 aliphatic carbocycles. The van der Waals surface area contributed by atoms with Gasteiger partial charge in [0.05, 0.1) is 5.02 Å². The molecule has 0 aliphatic rings. The van der Waals surface area contributed by atoms with Gasteiger partial charge in [-0.05, 0) is 11.2 Å². The minimum absolute atomic E-state index is 0.389. The third-order valence-corrected chi connectivity index (χ3v) is 3.06. The van der Waals surface area contributed by atoms with E-state index in [1.54, 1.807) is 4.90 Å². The van der Waals surface area contributed by atoms with Gasteiger partial charge in [-0.2, -0.15) is 4.98 Å². The number of nitrogens with one attached hydrogen (secondary N) is 1. The Bertz CT molecular complexity index is 701. The number of aromatic nitrogens is 3. The zero-order valence-electron chi connectivity index (χ0n) is 9.94. The lowest BCUT2D eigenvalue weighted by molar-refractivity contribution is 0.430. The van der Waals surface area contributed by atoms with Crippen LogP contribution >= 0.6 is 11.6 Å². The summed E-state index contributed by atoms with van der Waals surface area (Å²) in [7, 11) is 3.70. The maximum Gasteiger partial charge on any atom is 0.277 e. The van der Waals surface area contributed by atoms with Crippen molar-refractivity contribution in [1.29, 1.82) is 0 Å². The van der Waals surface area contributed by atoms with Crippen LogP contribution in [0.15, 0.2) is 28.8 Å². The molecule has 0 aliphatic heterocycles. The number of para-hydroxylation sites is 1. The van der Waals surface area contributed by atoms with Crippen molar-refractivity contribution in [2.24, 2.45) is 0 Å². The smallest absolute Gasteiger partial charge is 0.277 e. The van der Waals surface area contributed by atoms with E-state index in [9.17, 15) is 0 Å². The van der Waals surface area contributed by atoms with Crippen LogP contribution in [0.4, 0.5) is 5.95 Å². The molecule has 2 aromatic heterocycles. The van der Waals surface area contributed by atoms with E-state index >= 15 is 0 Å². The van der Waals surface area contributed by atoms with Crippen LogP contribution in [0, 0.1) is 0 Å². The van der Waals surface area contributed by atoms with Gasteiger partial charge in [-0.25, -0.2) is 0 Å². The molecular weight excluding hydrogens is 252 g/mol. The standard InChI is InChI=1S/C12H11ClN4O/c1-17(2)12-15-11(18-16-12)10-9(13)7-5-3-4-6-8(7)14-10/h3-6,14H,1-2H3. The van der Waals surface area contributed by atoms with Gasteiger partial charge in [0.2, 0.25) is 0 Å². The Hall–Kier alpha value is -2.01. The predicted molar refractivity (Wildman–Crippen MR) is 70.9 cm³/mol. The molecule has 0 saturated heterocycles. The van der Waals surface area contributed by atoms with Crippen molar-refractivity contribution >= 4 is 28.5 Å². The molecule has 3 rings (SSSR count). The van der Waals surface area contributed by atoms with Crippen LogP contribution in [0.25, 0.3) is 22.5 Å². The van der Waals surface area contributed by atoms with Gasteiger partial charge in [0.25, 0.3) is 11.8 Å². The average Bonchev–Trinajstić information content (AvgIpc) is 2.95. The fraction of sp³-hybridized carbons (Fsp3) is 0.167. The molecule has 5 nitrogen and oxygen atoms in total. The first-order chi connectivity index (χ1) is 8.66. The van der Waals surface area contributed by atoms with E-state index in [-0.39, 0.29) is 0 Å². The first-order valence-corrected chi connectivity index (χ1v) is 5.82. The third-order valence-electron chi connectivity index (χ3n) is 2.67. The van der Waals surface area contributed by atoms with Crippen molar-refractivity contribution in [1.82, 2.24) is 15.1 Å². The number of fused-ring (bicyclic) bond motifs is 1. The van der Waals surface area contributed by atoms with Gasteiger partial charge in [-0.3, -0.25) is 0 Å². The number of nitrogens with zero attached hydrogens (tertiary/aromatic N) is 3. The minimum atomic E-state index is 0.389. The van der Waals surface area contributed by atoms with Crippen LogP contribution in [0.3, 0.4) is 0 Å². The number of benzene rings is 1. The van der Waals surface area contributed by atoms with Crippen LogP contribution < -0.4 is 4.90 Å². The molecule has 92 valence electrons. The molecule has 1 aromatic carbocycles. The van der Waals surface area contributed by atoms with E-state index in [1.165, 1.54) is 0 Å². The Morgan fingerprint density at radius 2 is 2.06 bits per heavy atom. The highest BCUT2D eigenvalue weighted by Gasteiger charge is 2.17. The van der Waals surface area contributed by atoms with Crippen LogP contribution in [0.1, 0.15) is 0 Å². The highest BCUT2D eigenvalue weighted by atomic mass is 35.5. The number of aromatic amines is 1. The van der Waals surface area contributed by atoms with Gasteiger partial charge >= 0.3 is 0 Å². The molecule has 2 heterocycles. The van der Waals surface area contributed by atoms with Crippen molar-refractivity contribution in [3.8, 4) is 11.6 Å². The molecule has 0 amide bonds. The van der Waals surface area contributed by atoms with Gasteiger partial charge in [0.15, 0.2) is 0 Å². The molecule has 0 unspecified atom stereocenters. The van der Waals surface area contributed by atoms with E-state index < -0.39 is 0 Å². The fourth-order valence-electron chi connectivity index (χ4n) is 1.75. The van der Waals surface area contributed by atoms with Crippen molar-refractivity contribution in [3.05, 3.63) is 29.3 Å². The summed E-state index contributed by atoms with van der Waals surface area (Å²) in [4.78, 5) is 9.22. The van der Waals surface area contributed by atoms with Crippen LogP contribution in [0.2, 0.25) is 5.02 Å². The van der Waals surface area contributed by atoms with Gasteiger partial charge < -0.3 is 14.4 Å². The number of H-pyrrole nitrogens is 1. The maximum absolute atomic E-state index is 6.31. The molecule has 0 atom stereocenters. The normalized spacial score (nSPS) is 11.1. The first-order valence-electron chi connectivity index (χ1n) is 5.44. The lowest BCUT2D eigenvalue weighted by Crippen LogP contribution is -2.10. The maximum atomic E-state index is 6.31. The van der Waals surface area contributed by atoms with E-state index in [1.807, 2.05) is 38.4 Å².